The van der Waals surface area contributed by atoms with Crippen molar-refractivity contribution in [2.24, 2.45) is 5.73 Å². The number of aryl methyl sites for hydroxylation is 2. The first-order valence-corrected chi connectivity index (χ1v) is 6.44. The molecule has 0 unspecified atom stereocenters. The molecule has 2 rings (SSSR count). The summed E-state index contributed by atoms with van der Waals surface area (Å²) in [6.45, 7) is 7.10. The van der Waals surface area contributed by atoms with E-state index < -0.39 is 5.91 Å². The highest BCUT2D eigenvalue weighted by Crippen LogP contribution is 2.18. The van der Waals surface area contributed by atoms with Crippen molar-refractivity contribution >= 4 is 5.91 Å². The molecule has 0 fully saturated rings. The quantitative estimate of drug-likeness (QED) is 0.912. The molecule has 0 radical (unpaired) electrons. The zero-order chi connectivity index (χ0) is 14.0. The summed E-state index contributed by atoms with van der Waals surface area (Å²) in [6, 6.07) is 7.43. The Hall–Kier alpha value is -2.10. The second kappa shape index (κ2) is 5.26. The van der Waals surface area contributed by atoms with Crippen LogP contribution >= 0.6 is 0 Å². The van der Waals surface area contributed by atoms with Crippen LogP contribution in [0.2, 0.25) is 0 Å². The fourth-order valence-electron chi connectivity index (χ4n) is 2.29. The lowest BCUT2D eigenvalue weighted by atomic mass is 10.0. The summed E-state index contributed by atoms with van der Waals surface area (Å²) >= 11 is 0. The molecule has 0 bridgehead atoms. The number of hydrogen-bond donors (Lipinski definition) is 1. The number of benzene rings is 1. The van der Waals surface area contributed by atoms with Gasteiger partial charge in [-0.3, -0.25) is 9.48 Å². The van der Waals surface area contributed by atoms with E-state index in [0.717, 1.165) is 24.2 Å². The number of nitrogens with zero attached hydrogens (tertiary/aromatic N) is 2. The summed E-state index contributed by atoms with van der Waals surface area (Å²) in [5, 5.41) is 4.51. The minimum atomic E-state index is -0.391. The summed E-state index contributed by atoms with van der Waals surface area (Å²) in [5.41, 5.74) is 10.5. The Kier molecular flexibility index (Phi) is 3.69. The number of primary amides is 1. The first-order chi connectivity index (χ1) is 9.02. The summed E-state index contributed by atoms with van der Waals surface area (Å²) in [7, 11) is 0. The fourth-order valence-corrected chi connectivity index (χ4v) is 2.29. The second-order valence-electron chi connectivity index (χ2n) is 4.70. The zero-order valence-electron chi connectivity index (χ0n) is 11.6. The number of carbonyl (C=O) groups excluding carboxylic acids is 1. The fraction of sp³-hybridized carbons (Fsp3) is 0.333. The van der Waals surface area contributed by atoms with Gasteiger partial charge in [-0.25, -0.2) is 0 Å². The van der Waals surface area contributed by atoms with E-state index in [-0.39, 0.29) is 0 Å². The number of amides is 1. The van der Waals surface area contributed by atoms with E-state index in [1.807, 2.05) is 23.7 Å². The maximum absolute atomic E-state index is 11.0. The Labute approximate surface area is 113 Å². The van der Waals surface area contributed by atoms with E-state index in [4.69, 9.17) is 5.73 Å². The van der Waals surface area contributed by atoms with Gasteiger partial charge in [0, 0.05) is 29.8 Å². The van der Waals surface area contributed by atoms with E-state index >= 15 is 0 Å². The monoisotopic (exact) mass is 257 g/mol. The first kappa shape index (κ1) is 13.3. The van der Waals surface area contributed by atoms with Gasteiger partial charge >= 0.3 is 0 Å². The third-order valence-corrected chi connectivity index (χ3v) is 3.45. The van der Waals surface area contributed by atoms with Gasteiger partial charge in [-0.2, -0.15) is 5.10 Å². The maximum Gasteiger partial charge on any atom is 0.248 e. The Bertz CT molecular complexity index is 597. The molecule has 0 aliphatic rings. The Morgan fingerprint density at radius 3 is 2.37 bits per heavy atom. The van der Waals surface area contributed by atoms with Gasteiger partial charge in [-0.1, -0.05) is 12.1 Å². The molecule has 4 heteroatoms. The molecule has 1 aromatic heterocycles. The van der Waals surface area contributed by atoms with E-state index in [2.05, 4.69) is 18.9 Å². The third kappa shape index (κ3) is 2.67. The van der Waals surface area contributed by atoms with Crippen LogP contribution in [0.15, 0.2) is 24.3 Å². The lowest BCUT2D eigenvalue weighted by molar-refractivity contribution is 0.100. The number of nitrogens with two attached hydrogens (primary N) is 1. The third-order valence-electron chi connectivity index (χ3n) is 3.45. The molecule has 0 atom stereocenters. The predicted molar refractivity (Wildman–Crippen MR) is 75.1 cm³/mol. The van der Waals surface area contributed by atoms with Crippen LogP contribution in [-0.2, 0) is 13.0 Å². The molecule has 0 aliphatic carbocycles. The molecule has 1 amide bonds. The largest absolute Gasteiger partial charge is 0.366 e. The lowest BCUT2D eigenvalue weighted by Crippen LogP contribution is -2.10. The minimum absolute atomic E-state index is 0.391. The van der Waals surface area contributed by atoms with Gasteiger partial charge in [-0.15, -0.1) is 0 Å². The van der Waals surface area contributed by atoms with Crippen molar-refractivity contribution in [1.82, 2.24) is 9.78 Å². The topological polar surface area (TPSA) is 60.9 Å². The van der Waals surface area contributed by atoms with Crippen molar-refractivity contribution in [2.75, 3.05) is 0 Å². The summed E-state index contributed by atoms with van der Waals surface area (Å²) < 4.78 is 2.02. The van der Waals surface area contributed by atoms with Gasteiger partial charge in [0.25, 0.3) is 0 Å². The van der Waals surface area contributed by atoms with Gasteiger partial charge in [0.05, 0.1) is 5.69 Å². The normalized spacial score (nSPS) is 10.7. The number of hydrogen-bond acceptors (Lipinski definition) is 2. The van der Waals surface area contributed by atoms with Crippen molar-refractivity contribution in [3.05, 3.63) is 52.3 Å². The lowest BCUT2D eigenvalue weighted by Gasteiger charge is -2.04. The average molecular weight is 257 g/mol. The van der Waals surface area contributed by atoms with E-state index in [9.17, 15) is 4.79 Å². The van der Waals surface area contributed by atoms with Crippen molar-refractivity contribution < 1.29 is 4.79 Å². The van der Waals surface area contributed by atoms with Gasteiger partial charge in [0.1, 0.15) is 0 Å². The first-order valence-electron chi connectivity index (χ1n) is 6.44. The maximum atomic E-state index is 11.0. The van der Waals surface area contributed by atoms with Crippen LogP contribution < -0.4 is 5.73 Å². The molecule has 0 saturated heterocycles. The van der Waals surface area contributed by atoms with Crippen LogP contribution in [0, 0.1) is 13.8 Å². The van der Waals surface area contributed by atoms with E-state index in [1.54, 1.807) is 12.1 Å². The van der Waals surface area contributed by atoms with Crippen LogP contribution in [0.25, 0.3) is 0 Å². The molecule has 2 N–H and O–H groups in total. The molecule has 4 nitrogen and oxygen atoms in total. The van der Waals surface area contributed by atoms with Crippen LogP contribution in [0.5, 0.6) is 0 Å². The number of carbonyl (C=O) groups is 1. The van der Waals surface area contributed by atoms with Crippen LogP contribution in [0.3, 0.4) is 0 Å². The van der Waals surface area contributed by atoms with E-state index in [1.165, 1.54) is 11.3 Å². The summed E-state index contributed by atoms with van der Waals surface area (Å²) in [5.74, 6) is -0.391. The molecule has 1 heterocycles. The van der Waals surface area contributed by atoms with Gasteiger partial charge in [0.15, 0.2) is 0 Å². The molecule has 0 aliphatic heterocycles. The highest BCUT2D eigenvalue weighted by atomic mass is 16.1. The molecule has 0 spiro atoms. The van der Waals surface area contributed by atoms with Crippen LogP contribution in [-0.4, -0.2) is 15.7 Å². The Morgan fingerprint density at radius 2 is 1.89 bits per heavy atom. The highest BCUT2D eigenvalue weighted by Gasteiger charge is 2.11. The highest BCUT2D eigenvalue weighted by molar-refractivity contribution is 5.92. The molecule has 100 valence electrons. The Morgan fingerprint density at radius 1 is 1.26 bits per heavy atom. The SMILES string of the molecule is CCn1nc(C)c(Cc2ccc(C(N)=O)cc2)c1C. The standard InChI is InChI=1S/C15H19N3O/c1-4-18-11(3)14(10(2)17-18)9-12-5-7-13(8-6-12)15(16)19/h5-8H,4,9H2,1-3H3,(H2,16,19). The summed E-state index contributed by atoms with van der Waals surface area (Å²) in [4.78, 5) is 11.0. The van der Waals surface area contributed by atoms with Gasteiger partial charge in [0.2, 0.25) is 5.91 Å². The van der Waals surface area contributed by atoms with Crippen molar-refractivity contribution in [3.63, 3.8) is 0 Å². The molecular formula is C15H19N3O. The average Bonchev–Trinajstić information content (AvgIpc) is 2.67. The Balaban J connectivity index is 2.26. The molecule has 2 aromatic rings. The molecule has 0 saturated carbocycles. The second-order valence-corrected chi connectivity index (χ2v) is 4.70. The van der Waals surface area contributed by atoms with Crippen molar-refractivity contribution in [3.8, 4) is 0 Å². The summed E-state index contributed by atoms with van der Waals surface area (Å²) in [6.07, 6.45) is 0.830. The van der Waals surface area contributed by atoms with Crippen LogP contribution in [0.1, 0.15) is 39.8 Å². The van der Waals surface area contributed by atoms with Crippen molar-refractivity contribution in [1.29, 1.82) is 0 Å². The number of aromatic nitrogens is 2. The number of rotatable bonds is 4. The molecular weight excluding hydrogens is 238 g/mol. The predicted octanol–water partition coefficient (Wildman–Crippen LogP) is 2.21. The minimum Gasteiger partial charge on any atom is -0.366 e. The smallest absolute Gasteiger partial charge is 0.248 e. The van der Waals surface area contributed by atoms with Gasteiger partial charge < -0.3 is 5.73 Å². The van der Waals surface area contributed by atoms with E-state index in [0.29, 0.717) is 5.56 Å². The van der Waals surface area contributed by atoms with Gasteiger partial charge in [-0.05, 0) is 38.5 Å². The molecule has 19 heavy (non-hydrogen) atoms. The van der Waals surface area contributed by atoms with Crippen LogP contribution in [0.4, 0.5) is 0 Å². The van der Waals surface area contributed by atoms with Crippen molar-refractivity contribution in [2.45, 2.75) is 33.7 Å². The zero-order valence-corrected chi connectivity index (χ0v) is 11.6. The molecule has 1 aromatic carbocycles.